The Morgan fingerprint density at radius 1 is 0.838 bits per heavy atom. The summed E-state index contributed by atoms with van der Waals surface area (Å²) in [5.41, 5.74) is 4.05. The molecule has 4 rings (SSSR count). The molecule has 37 heavy (non-hydrogen) atoms. The number of halogens is 1. The van der Waals surface area contributed by atoms with Gasteiger partial charge in [-0.25, -0.2) is 4.39 Å². The van der Waals surface area contributed by atoms with Gasteiger partial charge in [0.15, 0.2) is 0 Å². The number of rotatable bonds is 11. The van der Waals surface area contributed by atoms with Crippen molar-refractivity contribution in [3.8, 4) is 0 Å². The summed E-state index contributed by atoms with van der Waals surface area (Å²) in [5, 5.41) is 3.11. The van der Waals surface area contributed by atoms with Gasteiger partial charge in [0.25, 0.3) is 0 Å². The number of nitrogens with zero attached hydrogens (tertiary/aromatic N) is 1. The molecule has 1 aliphatic carbocycles. The number of carbonyl (C=O) groups is 2. The minimum atomic E-state index is -0.691. The predicted molar refractivity (Wildman–Crippen MR) is 145 cm³/mol. The number of hydrogen-bond donors (Lipinski definition) is 1. The number of carbonyl (C=O) groups excluding carboxylic acids is 2. The first-order valence-electron chi connectivity index (χ1n) is 13.2. The summed E-state index contributed by atoms with van der Waals surface area (Å²) in [6, 6.07) is 24.8. The Kier molecular flexibility index (Phi) is 9.64. The zero-order valence-corrected chi connectivity index (χ0v) is 21.2. The summed E-state index contributed by atoms with van der Waals surface area (Å²) in [7, 11) is 0. The molecule has 0 radical (unpaired) electrons. The van der Waals surface area contributed by atoms with Crippen molar-refractivity contribution in [2.24, 2.45) is 0 Å². The van der Waals surface area contributed by atoms with Crippen LogP contribution >= 0.6 is 0 Å². The van der Waals surface area contributed by atoms with Crippen LogP contribution in [-0.2, 0) is 29.0 Å². The van der Waals surface area contributed by atoms with E-state index < -0.39 is 6.04 Å². The maximum atomic E-state index is 13.7. The number of nitrogens with one attached hydrogen (secondary N) is 1. The number of amides is 2. The molecule has 1 atom stereocenters. The molecule has 0 heterocycles. The summed E-state index contributed by atoms with van der Waals surface area (Å²) >= 11 is 0. The third kappa shape index (κ3) is 8.14. The summed E-state index contributed by atoms with van der Waals surface area (Å²) in [5.74, 6) is -0.633. The van der Waals surface area contributed by atoms with E-state index in [0.717, 1.165) is 36.0 Å². The molecule has 3 aromatic rings. The molecule has 4 nitrogen and oxygen atoms in total. The number of hydrogen-bond acceptors (Lipinski definition) is 2. The fraction of sp³-hybridized carbons (Fsp3) is 0.312. The second-order valence-electron chi connectivity index (χ2n) is 9.67. The molecule has 0 spiro atoms. The van der Waals surface area contributed by atoms with Crippen LogP contribution in [0, 0.1) is 5.82 Å². The lowest BCUT2D eigenvalue weighted by atomic mass is 9.97. The highest BCUT2D eigenvalue weighted by molar-refractivity contribution is 5.88. The van der Waals surface area contributed by atoms with Gasteiger partial charge in [-0.05, 0) is 60.9 Å². The summed E-state index contributed by atoms with van der Waals surface area (Å²) in [6.07, 6.45) is 8.35. The lowest BCUT2D eigenvalue weighted by Gasteiger charge is -2.32. The van der Waals surface area contributed by atoms with Gasteiger partial charge < -0.3 is 10.2 Å². The zero-order chi connectivity index (χ0) is 25.9. The van der Waals surface area contributed by atoms with E-state index in [2.05, 4.69) is 11.4 Å². The Balaban J connectivity index is 1.57. The van der Waals surface area contributed by atoms with Crippen molar-refractivity contribution in [3.05, 3.63) is 119 Å². The van der Waals surface area contributed by atoms with Crippen LogP contribution in [0.3, 0.4) is 0 Å². The molecule has 0 aliphatic heterocycles. The molecule has 0 fully saturated rings. The average molecular weight is 499 g/mol. The van der Waals surface area contributed by atoms with Crippen LogP contribution in [0.5, 0.6) is 0 Å². The fourth-order valence-corrected chi connectivity index (χ4v) is 4.81. The molecule has 3 aromatic carbocycles. The molecular formula is C32H35FN2O2. The first-order valence-corrected chi connectivity index (χ1v) is 13.2. The molecule has 5 heteroatoms. The Bertz CT molecular complexity index is 1180. The molecule has 0 saturated heterocycles. The molecule has 0 saturated carbocycles. The smallest absolute Gasteiger partial charge is 0.243 e. The molecule has 2 amide bonds. The molecular weight excluding hydrogens is 463 g/mol. The van der Waals surface area contributed by atoms with Crippen molar-refractivity contribution < 1.29 is 14.0 Å². The minimum absolute atomic E-state index is 0.137. The van der Waals surface area contributed by atoms with Crippen molar-refractivity contribution in [1.82, 2.24) is 10.2 Å². The van der Waals surface area contributed by atoms with E-state index in [1.165, 1.54) is 30.5 Å². The van der Waals surface area contributed by atoms with Crippen LogP contribution in [0.4, 0.5) is 4.39 Å². The van der Waals surface area contributed by atoms with Gasteiger partial charge in [0.1, 0.15) is 11.9 Å². The number of allylic oxidation sites excluding steroid dienone is 1. The molecule has 1 N–H and O–H groups in total. The highest BCUT2D eigenvalue weighted by Gasteiger charge is 2.30. The van der Waals surface area contributed by atoms with Gasteiger partial charge in [-0.1, -0.05) is 84.4 Å². The molecule has 192 valence electrons. The van der Waals surface area contributed by atoms with Crippen LogP contribution in [-0.4, -0.2) is 29.3 Å². The van der Waals surface area contributed by atoms with Gasteiger partial charge in [-0.15, -0.1) is 0 Å². The van der Waals surface area contributed by atoms with E-state index in [0.29, 0.717) is 13.0 Å². The maximum absolute atomic E-state index is 13.7. The Morgan fingerprint density at radius 2 is 1.51 bits per heavy atom. The fourth-order valence-electron chi connectivity index (χ4n) is 4.81. The molecule has 0 aromatic heterocycles. The maximum Gasteiger partial charge on any atom is 0.243 e. The average Bonchev–Trinajstić information content (AvgIpc) is 2.93. The van der Waals surface area contributed by atoms with Crippen LogP contribution < -0.4 is 5.32 Å². The van der Waals surface area contributed by atoms with Crippen LogP contribution in [0.25, 0.3) is 0 Å². The van der Waals surface area contributed by atoms with Crippen molar-refractivity contribution in [3.63, 3.8) is 0 Å². The summed E-state index contributed by atoms with van der Waals surface area (Å²) in [4.78, 5) is 29.0. The van der Waals surface area contributed by atoms with E-state index in [1.54, 1.807) is 17.0 Å². The SMILES string of the molecule is O=C(NCCC1=CCCCC1)[C@@H](Cc1ccccc1)N(Cc1ccc(F)cc1)C(=O)Cc1ccccc1. The van der Waals surface area contributed by atoms with E-state index in [-0.39, 0.29) is 30.6 Å². The molecule has 1 aliphatic rings. The van der Waals surface area contributed by atoms with E-state index in [4.69, 9.17) is 0 Å². The third-order valence-corrected chi connectivity index (χ3v) is 6.87. The van der Waals surface area contributed by atoms with Crippen molar-refractivity contribution in [2.45, 2.75) is 57.5 Å². The van der Waals surface area contributed by atoms with Gasteiger partial charge in [0.05, 0.1) is 6.42 Å². The van der Waals surface area contributed by atoms with Gasteiger partial charge in [0, 0.05) is 19.5 Å². The molecule has 0 unspecified atom stereocenters. The lowest BCUT2D eigenvalue weighted by molar-refractivity contribution is -0.140. The second-order valence-corrected chi connectivity index (χ2v) is 9.67. The summed E-state index contributed by atoms with van der Waals surface area (Å²) < 4.78 is 13.6. The summed E-state index contributed by atoms with van der Waals surface area (Å²) in [6.45, 7) is 0.773. The predicted octanol–water partition coefficient (Wildman–Crippen LogP) is 6.02. The van der Waals surface area contributed by atoms with Crippen LogP contribution in [0.2, 0.25) is 0 Å². The first-order chi connectivity index (χ1) is 18.1. The Morgan fingerprint density at radius 3 is 2.16 bits per heavy atom. The Labute approximate surface area is 219 Å². The van der Waals surface area contributed by atoms with Crippen LogP contribution in [0.1, 0.15) is 48.8 Å². The quantitative estimate of drug-likeness (QED) is 0.329. The van der Waals surface area contributed by atoms with Gasteiger partial charge >= 0.3 is 0 Å². The highest BCUT2D eigenvalue weighted by Crippen LogP contribution is 2.20. The van der Waals surface area contributed by atoms with E-state index in [1.807, 2.05) is 60.7 Å². The number of benzene rings is 3. The van der Waals surface area contributed by atoms with Gasteiger partial charge in [0.2, 0.25) is 11.8 Å². The lowest BCUT2D eigenvalue weighted by Crippen LogP contribution is -2.51. The van der Waals surface area contributed by atoms with Gasteiger partial charge in [-0.3, -0.25) is 9.59 Å². The largest absolute Gasteiger partial charge is 0.354 e. The highest BCUT2D eigenvalue weighted by atomic mass is 19.1. The van der Waals surface area contributed by atoms with Gasteiger partial charge in [-0.2, -0.15) is 0 Å². The first kappa shape index (κ1) is 26.3. The topological polar surface area (TPSA) is 49.4 Å². The van der Waals surface area contributed by atoms with Crippen molar-refractivity contribution in [1.29, 1.82) is 0 Å². The van der Waals surface area contributed by atoms with Crippen molar-refractivity contribution in [2.75, 3.05) is 6.54 Å². The van der Waals surface area contributed by atoms with Crippen LogP contribution in [0.15, 0.2) is 96.6 Å². The monoisotopic (exact) mass is 498 g/mol. The van der Waals surface area contributed by atoms with E-state index in [9.17, 15) is 14.0 Å². The Hall–Kier alpha value is -3.73. The van der Waals surface area contributed by atoms with Crippen molar-refractivity contribution >= 4 is 11.8 Å². The zero-order valence-electron chi connectivity index (χ0n) is 21.2. The minimum Gasteiger partial charge on any atom is -0.354 e. The molecule has 0 bridgehead atoms. The van der Waals surface area contributed by atoms with E-state index >= 15 is 0 Å². The normalized spacial score (nSPS) is 13.9. The second kappa shape index (κ2) is 13.5. The third-order valence-electron chi connectivity index (χ3n) is 6.87. The standard InChI is InChI=1S/C32H35FN2O2/c33-29-18-16-28(17-19-29)24-35(31(36)23-27-14-8-3-9-15-27)30(22-26-12-6-2-7-13-26)32(37)34-21-20-25-10-4-1-5-11-25/h2-3,6-10,12-19,30H,1,4-5,11,20-24H2,(H,34,37)/t30-/m1/s1.